The first-order chi connectivity index (χ1) is 16.0. The van der Waals surface area contributed by atoms with Crippen LogP contribution in [0.2, 0.25) is 0 Å². The minimum Gasteiger partial charge on any atom is -0.372 e. The van der Waals surface area contributed by atoms with E-state index >= 15 is 0 Å². The molecule has 6 nitrogen and oxygen atoms in total. The Labute approximate surface area is 206 Å². The van der Waals surface area contributed by atoms with E-state index in [-0.39, 0.29) is 11.4 Å². The number of carbonyl (C=O) groups is 1. The molecule has 2 rings (SSSR count). The number of aliphatic imine (C=N–C) groups is 1. The molecule has 1 heterocycles. The number of hydrogen-bond donors (Lipinski definition) is 1. The van der Waals surface area contributed by atoms with Crippen molar-refractivity contribution in [2.75, 3.05) is 52.1 Å². The van der Waals surface area contributed by atoms with Crippen LogP contribution >= 0.6 is 0 Å². The number of piperazine rings is 1. The summed E-state index contributed by atoms with van der Waals surface area (Å²) in [5.41, 5.74) is 5.69. The fraction of sp³-hybridized carbons (Fsp3) is 0.500. The van der Waals surface area contributed by atoms with E-state index in [0.717, 1.165) is 56.1 Å². The van der Waals surface area contributed by atoms with Crippen molar-refractivity contribution in [2.24, 2.45) is 4.99 Å². The second-order valence-corrected chi connectivity index (χ2v) is 9.99. The van der Waals surface area contributed by atoms with Crippen molar-refractivity contribution in [2.45, 2.75) is 46.6 Å². The average Bonchev–Trinajstić information content (AvgIpc) is 2.77. The Kier molecular flexibility index (Phi) is 9.68. The standard InChI is InChI=1S/C28H43N5O/c1-10-13-25(21(3)4)33-18-16-32(17-19-33)20-28(6,7)30-22(5)23-14-12-15-24(26(23)29-11-2)27(34)31(8)9/h10-12,14-15,29H,1-2,13,16-20H2,3-9H3. The maximum absolute atomic E-state index is 12.7. The molecule has 1 aliphatic rings. The third-order valence-corrected chi connectivity index (χ3v) is 6.09. The number of rotatable bonds is 10. The van der Waals surface area contributed by atoms with E-state index in [2.05, 4.69) is 56.0 Å². The van der Waals surface area contributed by atoms with Gasteiger partial charge >= 0.3 is 0 Å². The molecule has 6 heteroatoms. The molecule has 0 bridgehead atoms. The summed E-state index contributed by atoms with van der Waals surface area (Å²) in [6.45, 7) is 23.4. The largest absolute Gasteiger partial charge is 0.372 e. The summed E-state index contributed by atoms with van der Waals surface area (Å²) in [5, 5.41) is 3.17. The van der Waals surface area contributed by atoms with E-state index < -0.39 is 0 Å². The monoisotopic (exact) mass is 465 g/mol. The second kappa shape index (κ2) is 12.0. The van der Waals surface area contributed by atoms with Crippen LogP contribution < -0.4 is 5.32 Å². The summed E-state index contributed by atoms with van der Waals surface area (Å²) in [6.07, 6.45) is 4.52. The smallest absolute Gasteiger partial charge is 0.255 e. The first-order valence-corrected chi connectivity index (χ1v) is 12.0. The van der Waals surface area contributed by atoms with Crippen molar-refractivity contribution < 1.29 is 4.79 Å². The first kappa shape index (κ1) is 27.4. The van der Waals surface area contributed by atoms with Crippen molar-refractivity contribution in [1.29, 1.82) is 0 Å². The summed E-state index contributed by atoms with van der Waals surface area (Å²) in [4.78, 5) is 24.4. The van der Waals surface area contributed by atoms with Gasteiger partial charge in [-0.1, -0.05) is 30.4 Å². The van der Waals surface area contributed by atoms with Crippen LogP contribution in [0.15, 0.2) is 59.9 Å². The number of allylic oxidation sites excluding steroid dienone is 2. The van der Waals surface area contributed by atoms with Crippen molar-refractivity contribution in [3.05, 3.63) is 66.0 Å². The normalized spacial score (nSPS) is 15.0. The van der Waals surface area contributed by atoms with Crippen LogP contribution in [-0.2, 0) is 0 Å². The molecule has 186 valence electrons. The summed E-state index contributed by atoms with van der Waals surface area (Å²) >= 11 is 0. The molecule has 1 aromatic carbocycles. The Morgan fingerprint density at radius 3 is 2.26 bits per heavy atom. The molecule has 1 N–H and O–H groups in total. The third kappa shape index (κ3) is 7.07. The molecule has 1 aliphatic heterocycles. The van der Waals surface area contributed by atoms with Gasteiger partial charge in [0.25, 0.3) is 5.91 Å². The van der Waals surface area contributed by atoms with Gasteiger partial charge in [-0.05, 0) is 46.9 Å². The Morgan fingerprint density at radius 2 is 1.74 bits per heavy atom. The van der Waals surface area contributed by atoms with Crippen molar-refractivity contribution in [1.82, 2.24) is 14.7 Å². The molecule has 0 aliphatic carbocycles. The maximum atomic E-state index is 12.7. The molecule has 34 heavy (non-hydrogen) atoms. The SMILES string of the molecule is C=CCC(=C(C)C)N1CCN(CC(C)(C)N=C(C)c2cccc(C(=O)N(C)C)c2NC=C)CC1. The zero-order valence-electron chi connectivity index (χ0n) is 22.2. The van der Waals surface area contributed by atoms with Gasteiger partial charge in [-0.15, -0.1) is 6.58 Å². The van der Waals surface area contributed by atoms with Crippen LogP contribution in [0.4, 0.5) is 5.69 Å². The number of benzene rings is 1. The lowest BCUT2D eigenvalue weighted by Crippen LogP contribution is -2.49. The van der Waals surface area contributed by atoms with Crippen molar-refractivity contribution in [3.63, 3.8) is 0 Å². The Balaban J connectivity index is 2.19. The van der Waals surface area contributed by atoms with E-state index in [1.54, 1.807) is 25.2 Å². The van der Waals surface area contributed by atoms with Crippen LogP contribution in [0.1, 0.15) is 57.0 Å². The topological polar surface area (TPSA) is 51.2 Å². The predicted molar refractivity (Wildman–Crippen MR) is 146 cm³/mol. The van der Waals surface area contributed by atoms with Gasteiger partial charge in [0.2, 0.25) is 0 Å². The third-order valence-electron chi connectivity index (χ3n) is 6.09. The molecule has 0 saturated carbocycles. The van der Waals surface area contributed by atoms with E-state index in [1.165, 1.54) is 11.3 Å². The Bertz CT molecular complexity index is 946. The van der Waals surface area contributed by atoms with Crippen molar-refractivity contribution in [3.8, 4) is 0 Å². The number of hydrogen-bond acceptors (Lipinski definition) is 5. The molecule has 1 aromatic rings. The highest BCUT2D eigenvalue weighted by molar-refractivity contribution is 6.09. The molecule has 0 unspecified atom stereocenters. The first-order valence-electron chi connectivity index (χ1n) is 12.0. The van der Waals surface area contributed by atoms with Crippen molar-refractivity contribution >= 4 is 17.3 Å². The van der Waals surface area contributed by atoms with Gasteiger partial charge in [0.1, 0.15) is 0 Å². The second-order valence-electron chi connectivity index (χ2n) is 9.99. The van der Waals surface area contributed by atoms with E-state index in [9.17, 15) is 4.79 Å². The Morgan fingerprint density at radius 1 is 1.12 bits per heavy atom. The fourth-order valence-electron chi connectivity index (χ4n) is 4.59. The molecule has 1 amide bonds. The van der Waals surface area contributed by atoms with Gasteiger partial charge in [-0.3, -0.25) is 14.7 Å². The molecule has 0 spiro atoms. The molecular formula is C28H43N5O. The Hall–Kier alpha value is -2.86. The van der Waals surface area contributed by atoms with Crippen LogP contribution in [0.3, 0.4) is 0 Å². The number of amides is 1. The summed E-state index contributed by atoms with van der Waals surface area (Å²) in [7, 11) is 3.52. The van der Waals surface area contributed by atoms with Crippen LogP contribution in [0, 0.1) is 0 Å². The average molecular weight is 466 g/mol. The lowest BCUT2D eigenvalue weighted by atomic mass is 10.00. The maximum Gasteiger partial charge on any atom is 0.255 e. The number of anilines is 1. The van der Waals surface area contributed by atoms with Crippen LogP contribution in [-0.4, -0.2) is 78.7 Å². The summed E-state index contributed by atoms with van der Waals surface area (Å²) in [5.74, 6) is -0.0525. The molecule has 1 saturated heterocycles. The van der Waals surface area contributed by atoms with Crippen LogP contribution in [0.5, 0.6) is 0 Å². The van der Waals surface area contributed by atoms with E-state index in [4.69, 9.17) is 4.99 Å². The lowest BCUT2D eigenvalue weighted by molar-refractivity contribution is 0.0828. The highest BCUT2D eigenvalue weighted by Gasteiger charge is 2.26. The van der Waals surface area contributed by atoms with Crippen LogP contribution in [0.25, 0.3) is 0 Å². The molecule has 0 aromatic heterocycles. The van der Waals surface area contributed by atoms with Gasteiger partial charge in [0.05, 0.1) is 16.8 Å². The number of nitrogens with zero attached hydrogens (tertiary/aromatic N) is 4. The number of para-hydroxylation sites is 1. The minimum atomic E-state index is -0.264. The van der Waals surface area contributed by atoms with E-state index in [0.29, 0.717) is 5.56 Å². The quantitative estimate of drug-likeness (QED) is 0.389. The highest BCUT2D eigenvalue weighted by Crippen LogP contribution is 2.26. The molecule has 0 atom stereocenters. The lowest BCUT2D eigenvalue weighted by Gasteiger charge is -2.40. The van der Waals surface area contributed by atoms with E-state index in [1.807, 2.05) is 31.2 Å². The number of nitrogens with one attached hydrogen (secondary N) is 1. The zero-order valence-corrected chi connectivity index (χ0v) is 22.2. The van der Waals surface area contributed by atoms with Gasteiger partial charge in [0.15, 0.2) is 0 Å². The molecule has 1 fully saturated rings. The molecule has 0 radical (unpaired) electrons. The van der Waals surface area contributed by atoms with Gasteiger partial charge in [0, 0.05) is 70.2 Å². The zero-order chi connectivity index (χ0) is 25.5. The minimum absolute atomic E-state index is 0.0525. The summed E-state index contributed by atoms with van der Waals surface area (Å²) < 4.78 is 0. The fourth-order valence-corrected chi connectivity index (χ4v) is 4.59. The van der Waals surface area contributed by atoms with Gasteiger partial charge in [-0.2, -0.15) is 0 Å². The summed E-state index contributed by atoms with van der Waals surface area (Å²) in [6, 6.07) is 5.75. The highest BCUT2D eigenvalue weighted by atomic mass is 16.2. The predicted octanol–water partition coefficient (Wildman–Crippen LogP) is 5.02. The van der Waals surface area contributed by atoms with Gasteiger partial charge in [-0.25, -0.2) is 0 Å². The number of carbonyl (C=O) groups excluding carboxylic acids is 1. The molecular weight excluding hydrogens is 422 g/mol. The van der Waals surface area contributed by atoms with Gasteiger partial charge < -0.3 is 15.1 Å².